The Morgan fingerprint density at radius 3 is 1.95 bits per heavy atom. The summed E-state index contributed by atoms with van der Waals surface area (Å²) in [4.78, 5) is 22.0. The van der Waals surface area contributed by atoms with E-state index < -0.39 is 45.6 Å². The second kappa shape index (κ2) is 8.01. The number of hydrogen-bond acceptors (Lipinski definition) is 6. The van der Waals surface area contributed by atoms with Gasteiger partial charge in [-0.3, -0.25) is 4.55 Å². The van der Waals surface area contributed by atoms with Gasteiger partial charge in [-0.1, -0.05) is 12.2 Å². The van der Waals surface area contributed by atoms with Crippen LogP contribution in [0, 0.1) is 5.92 Å². The zero-order chi connectivity index (χ0) is 14.6. The quantitative estimate of drug-likeness (QED) is 0.297. The summed E-state index contributed by atoms with van der Waals surface area (Å²) in [7, 11) is -5.26. The normalized spacial score (nSPS) is 15.4. The van der Waals surface area contributed by atoms with Gasteiger partial charge in [-0.15, -0.1) is 13.2 Å². The fourth-order valence-electron chi connectivity index (χ4n) is 1.62. The molecule has 0 bridgehead atoms. The van der Waals surface area contributed by atoms with Crippen LogP contribution >= 0.6 is 0 Å². The molecule has 7 nitrogen and oxygen atoms in total. The second-order valence-corrected chi connectivity index (χ2v) is 5.22. The van der Waals surface area contributed by atoms with Crippen molar-refractivity contribution in [3.8, 4) is 0 Å². The Hall–Kier alpha value is -0.410. The molecular formula is C10H12CaO7S. The van der Waals surface area contributed by atoms with E-state index in [2.05, 4.69) is 13.2 Å². The maximum Gasteiger partial charge on any atom is 2.00 e. The summed E-state index contributed by atoms with van der Waals surface area (Å²) in [5.41, 5.74) is 0. The van der Waals surface area contributed by atoms with E-state index in [0.717, 1.165) is 12.2 Å². The van der Waals surface area contributed by atoms with E-state index in [1.807, 2.05) is 0 Å². The van der Waals surface area contributed by atoms with Crippen molar-refractivity contribution in [2.75, 3.05) is 0 Å². The topological polar surface area (TPSA) is 135 Å². The monoisotopic (exact) mass is 316 g/mol. The molecule has 1 N–H and O–H groups in total. The van der Waals surface area contributed by atoms with Gasteiger partial charge < -0.3 is 19.8 Å². The molecule has 2 unspecified atom stereocenters. The molecule has 0 radical (unpaired) electrons. The van der Waals surface area contributed by atoms with Crippen LogP contribution in [-0.2, 0) is 19.7 Å². The molecule has 0 fully saturated rings. The average Bonchev–Trinajstić information content (AvgIpc) is 2.20. The first-order valence-corrected chi connectivity index (χ1v) is 6.20. The smallest absolute Gasteiger partial charge is 0.550 e. The van der Waals surface area contributed by atoms with Gasteiger partial charge in [0, 0.05) is 11.9 Å². The van der Waals surface area contributed by atoms with Crippen molar-refractivity contribution >= 4 is 59.8 Å². The Morgan fingerprint density at radius 2 is 1.74 bits per heavy atom. The predicted octanol–water partition coefficient (Wildman–Crippen LogP) is -2.50. The van der Waals surface area contributed by atoms with E-state index in [0.29, 0.717) is 0 Å². The Kier molecular flexibility index (Phi) is 8.81. The maximum atomic E-state index is 11.3. The minimum absolute atomic E-state index is 0. The van der Waals surface area contributed by atoms with Crippen molar-refractivity contribution in [1.29, 1.82) is 0 Å². The van der Waals surface area contributed by atoms with Gasteiger partial charge in [0.25, 0.3) is 10.1 Å². The molecule has 0 aliphatic carbocycles. The molecular weight excluding hydrogens is 304 g/mol. The molecule has 102 valence electrons. The number of allylic oxidation sites excluding steroid dienone is 2. The van der Waals surface area contributed by atoms with E-state index in [-0.39, 0.29) is 37.7 Å². The van der Waals surface area contributed by atoms with Crippen LogP contribution in [0.25, 0.3) is 0 Å². The molecule has 9 heteroatoms. The molecule has 0 aliphatic heterocycles. The standard InChI is InChI=1S/C10H14O7S.Ca/c1-3-5-7(8(11)12)10(6-4-2,9(13)14)18(15,16)17;/h3-4,7H,1-2,5-6H2,(H,11,12)(H,13,14)(H,15,16,17);/q;+2/p-2. The maximum absolute atomic E-state index is 11.3. The number of carboxylic acid groups (broad SMARTS) is 2. The Morgan fingerprint density at radius 1 is 1.26 bits per heavy atom. The molecule has 0 saturated carbocycles. The third-order valence-electron chi connectivity index (χ3n) is 2.50. The first-order valence-electron chi connectivity index (χ1n) is 4.76. The molecule has 0 rings (SSSR count). The van der Waals surface area contributed by atoms with Gasteiger partial charge in [0.05, 0.1) is 5.97 Å². The zero-order valence-corrected chi connectivity index (χ0v) is 13.1. The van der Waals surface area contributed by atoms with Crippen molar-refractivity contribution in [3.05, 3.63) is 25.3 Å². The van der Waals surface area contributed by atoms with Crippen LogP contribution in [-0.4, -0.2) is 67.4 Å². The van der Waals surface area contributed by atoms with Crippen LogP contribution in [0.3, 0.4) is 0 Å². The minimum Gasteiger partial charge on any atom is -0.550 e. The van der Waals surface area contributed by atoms with Crippen LogP contribution < -0.4 is 10.2 Å². The van der Waals surface area contributed by atoms with Crippen molar-refractivity contribution in [2.24, 2.45) is 5.92 Å². The van der Waals surface area contributed by atoms with Crippen LogP contribution in [0.4, 0.5) is 0 Å². The Balaban J connectivity index is 0. The van der Waals surface area contributed by atoms with Gasteiger partial charge in [0.1, 0.15) is 4.75 Å². The Labute approximate surface area is 140 Å². The van der Waals surface area contributed by atoms with Gasteiger partial charge in [0.15, 0.2) is 0 Å². The summed E-state index contributed by atoms with van der Waals surface area (Å²) in [6, 6.07) is 0. The number of carboxylic acids is 2. The third-order valence-corrected chi connectivity index (χ3v) is 4.04. The zero-order valence-electron chi connectivity index (χ0n) is 10.1. The molecule has 0 aromatic rings. The Bertz CT molecular complexity index is 470. The molecule has 0 amide bonds. The summed E-state index contributed by atoms with van der Waals surface area (Å²) in [5.74, 6) is -6.22. The predicted molar refractivity (Wildman–Crippen MR) is 63.2 cm³/mol. The van der Waals surface area contributed by atoms with Crippen LogP contribution in [0.1, 0.15) is 12.8 Å². The van der Waals surface area contributed by atoms with Gasteiger partial charge in [0.2, 0.25) is 0 Å². The molecule has 0 spiro atoms. The van der Waals surface area contributed by atoms with E-state index in [4.69, 9.17) is 4.55 Å². The molecule has 0 aromatic carbocycles. The molecule has 0 saturated heterocycles. The van der Waals surface area contributed by atoms with Crippen LogP contribution in [0.2, 0.25) is 0 Å². The average molecular weight is 316 g/mol. The first-order chi connectivity index (χ1) is 8.15. The van der Waals surface area contributed by atoms with Gasteiger partial charge in [-0.05, 0) is 12.8 Å². The summed E-state index contributed by atoms with van der Waals surface area (Å²) in [6.45, 7) is 6.33. The van der Waals surface area contributed by atoms with Crippen molar-refractivity contribution < 1.29 is 32.8 Å². The number of hydrogen-bond donors (Lipinski definition) is 1. The van der Waals surface area contributed by atoms with Gasteiger partial charge in [-0.2, -0.15) is 8.42 Å². The summed E-state index contributed by atoms with van der Waals surface area (Å²) < 4.78 is 28.5. The van der Waals surface area contributed by atoms with Gasteiger partial charge >= 0.3 is 37.7 Å². The molecule has 0 aromatic heterocycles. The second-order valence-electron chi connectivity index (χ2n) is 3.54. The summed E-state index contributed by atoms with van der Waals surface area (Å²) in [5, 5.41) is 22.0. The van der Waals surface area contributed by atoms with E-state index in [1.54, 1.807) is 0 Å². The first kappa shape index (κ1) is 20.9. The van der Waals surface area contributed by atoms with Crippen LogP contribution in [0.15, 0.2) is 25.3 Å². The fraction of sp³-hybridized carbons (Fsp3) is 0.400. The van der Waals surface area contributed by atoms with Crippen molar-refractivity contribution in [2.45, 2.75) is 17.6 Å². The summed E-state index contributed by atoms with van der Waals surface area (Å²) in [6.07, 6.45) is 0.514. The van der Waals surface area contributed by atoms with E-state index in [9.17, 15) is 28.2 Å². The number of carbonyl (C=O) groups is 2. The molecule has 0 heterocycles. The SMILES string of the molecule is C=CCC(C(=O)[O-])C(CC=C)(C(=O)[O-])S(=O)(=O)O.[Ca+2]. The molecule has 0 aliphatic rings. The third kappa shape index (κ3) is 4.28. The van der Waals surface area contributed by atoms with Crippen molar-refractivity contribution in [1.82, 2.24) is 0 Å². The number of carbonyl (C=O) groups excluding carboxylic acids is 2. The molecule has 19 heavy (non-hydrogen) atoms. The summed E-state index contributed by atoms with van der Waals surface area (Å²) >= 11 is 0. The minimum atomic E-state index is -5.26. The molecule has 2 atom stereocenters. The van der Waals surface area contributed by atoms with Crippen LogP contribution in [0.5, 0.6) is 0 Å². The van der Waals surface area contributed by atoms with Gasteiger partial charge in [-0.25, -0.2) is 0 Å². The largest absolute Gasteiger partial charge is 2.00 e. The number of aliphatic carboxylic acids is 2. The van der Waals surface area contributed by atoms with E-state index in [1.165, 1.54) is 0 Å². The van der Waals surface area contributed by atoms with Crippen molar-refractivity contribution in [3.63, 3.8) is 0 Å². The fourth-order valence-corrected chi connectivity index (χ4v) is 2.71. The number of rotatable bonds is 8. The van der Waals surface area contributed by atoms with E-state index >= 15 is 0 Å².